The van der Waals surface area contributed by atoms with Gasteiger partial charge in [-0.05, 0) is 49.1 Å². The molecule has 36 heavy (non-hydrogen) atoms. The van der Waals surface area contributed by atoms with E-state index in [1.807, 2.05) is 12.1 Å². The van der Waals surface area contributed by atoms with Crippen LogP contribution in [0.5, 0.6) is 5.75 Å². The maximum Gasteiger partial charge on any atom is 0.412 e. The van der Waals surface area contributed by atoms with E-state index in [2.05, 4.69) is 15.5 Å². The number of carbonyl (C=O) groups is 5. The molecule has 0 aromatic heterocycles. The average Bonchev–Trinajstić information content (AvgIpc) is 3.10. The van der Waals surface area contributed by atoms with Crippen LogP contribution < -0.4 is 15.4 Å². The Morgan fingerprint density at radius 2 is 1.67 bits per heavy atom. The standard InChI is InChI=1S/C26H26N4O6/c31-22-9-8-21(23(32)28-22)30-24(33)19-7-6-16(14-20(19)25(30)34)15-29-12-10-17(11-13-29)27-26(35)36-18-4-2-1-3-5-18/h1-7,14,17,21H,8-13,15H2,(H,27,35)(H,28,31,32). The Balaban J connectivity index is 1.16. The molecule has 0 aliphatic carbocycles. The summed E-state index contributed by atoms with van der Waals surface area (Å²) in [6, 6.07) is 13.1. The highest BCUT2D eigenvalue weighted by atomic mass is 16.6. The number of benzene rings is 2. The zero-order valence-electron chi connectivity index (χ0n) is 19.6. The van der Waals surface area contributed by atoms with Crippen molar-refractivity contribution >= 4 is 29.7 Å². The van der Waals surface area contributed by atoms with Crippen LogP contribution in [0.15, 0.2) is 48.5 Å². The number of imide groups is 2. The molecule has 5 amide bonds. The number of ether oxygens (including phenoxy) is 1. The Morgan fingerprint density at radius 1 is 0.944 bits per heavy atom. The Bertz CT molecular complexity index is 1220. The summed E-state index contributed by atoms with van der Waals surface area (Å²) in [5, 5.41) is 5.11. The predicted octanol–water partition coefficient (Wildman–Crippen LogP) is 1.84. The predicted molar refractivity (Wildman–Crippen MR) is 127 cm³/mol. The van der Waals surface area contributed by atoms with E-state index in [0.717, 1.165) is 36.4 Å². The van der Waals surface area contributed by atoms with Crippen molar-refractivity contribution in [2.75, 3.05) is 13.1 Å². The van der Waals surface area contributed by atoms with Crippen LogP contribution in [0.1, 0.15) is 52.0 Å². The van der Waals surface area contributed by atoms with E-state index in [1.165, 1.54) is 0 Å². The second-order valence-corrected chi connectivity index (χ2v) is 9.22. The van der Waals surface area contributed by atoms with Gasteiger partial charge in [0.15, 0.2) is 0 Å². The molecule has 0 spiro atoms. The summed E-state index contributed by atoms with van der Waals surface area (Å²) >= 11 is 0. The monoisotopic (exact) mass is 490 g/mol. The number of nitrogens with zero attached hydrogens (tertiary/aromatic N) is 2. The molecule has 2 aromatic rings. The summed E-state index contributed by atoms with van der Waals surface area (Å²) in [5.41, 5.74) is 1.44. The van der Waals surface area contributed by atoms with Crippen LogP contribution >= 0.6 is 0 Å². The van der Waals surface area contributed by atoms with Gasteiger partial charge in [0.05, 0.1) is 11.1 Å². The molecule has 1 unspecified atom stereocenters. The quantitative estimate of drug-likeness (QED) is 0.613. The van der Waals surface area contributed by atoms with E-state index in [9.17, 15) is 24.0 Å². The number of nitrogens with one attached hydrogen (secondary N) is 2. The lowest BCUT2D eigenvalue weighted by Crippen LogP contribution is -2.54. The molecule has 5 rings (SSSR count). The number of fused-ring (bicyclic) bond motifs is 1. The van der Waals surface area contributed by atoms with Crippen LogP contribution in [0.3, 0.4) is 0 Å². The van der Waals surface area contributed by atoms with Gasteiger partial charge in [0.2, 0.25) is 11.8 Å². The molecule has 10 heteroatoms. The minimum atomic E-state index is -0.973. The molecular formula is C26H26N4O6. The Hall–Kier alpha value is -4.05. The van der Waals surface area contributed by atoms with Gasteiger partial charge in [-0.25, -0.2) is 4.79 Å². The van der Waals surface area contributed by atoms with Gasteiger partial charge >= 0.3 is 6.09 Å². The van der Waals surface area contributed by atoms with Crippen LogP contribution in [-0.2, 0) is 16.1 Å². The number of amides is 5. The first-order valence-electron chi connectivity index (χ1n) is 12.0. The lowest BCUT2D eigenvalue weighted by Gasteiger charge is -2.32. The summed E-state index contributed by atoms with van der Waals surface area (Å²) < 4.78 is 5.30. The van der Waals surface area contributed by atoms with Gasteiger partial charge in [0, 0.05) is 32.1 Å². The summed E-state index contributed by atoms with van der Waals surface area (Å²) in [7, 11) is 0. The normalized spacial score (nSPS) is 20.8. The number of likely N-dealkylation sites (tertiary alicyclic amines) is 1. The third-order valence-corrected chi connectivity index (χ3v) is 6.77. The van der Waals surface area contributed by atoms with E-state index < -0.39 is 35.8 Å². The highest BCUT2D eigenvalue weighted by molar-refractivity contribution is 6.23. The van der Waals surface area contributed by atoms with Crippen molar-refractivity contribution in [2.24, 2.45) is 0 Å². The first-order valence-corrected chi connectivity index (χ1v) is 12.0. The zero-order chi connectivity index (χ0) is 25.2. The van der Waals surface area contributed by atoms with Gasteiger partial charge in [-0.15, -0.1) is 0 Å². The zero-order valence-corrected chi connectivity index (χ0v) is 19.6. The number of para-hydroxylation sites is 1. The van der Waals surface area contributed by atoms with E-state index in [0.29, 0.717) is 12.3 Å². The molecule has 0 saturated carbocycles. The van der Waals surface area contributed by atoms with Gasteiger partial charge < -0.3 is 10.1 Å². The number of rotatable bonds is 5. The molecule has 2 saturated heterocycles. The van der Waals surface area contributed by atoms with E-state index in [4.69, 9.17) is 4.74 Å². The van der Waals surface area contributed by atoms with Crippen molar-refractivity contribution in [3.05, 3.63) is 65.2 Å². The minimum Gasteiger partial charge on any atom is -0.410 e. The van der Waals surface area contributed by atoms with Crippen molar-refractivity contribution in [2.45, 2.75) is 44.3 Å². The van der Waals surface area contributed by atoms with Gasteiger partial charge in [-0.2, -0.15) is 0 Å². The topological polar surface area (TPSA) is 125 Å². The maximum atomic E-state index is 13.0. The molecule has 3 aliphatic heterocycles. The highest BCUT2D eigenvalue weighted by Gasteiger charge is 2.44. The minimum absolute atomic E-state index is 0.0127. The summed E-state index contributed by atoms with van der Waals surface area (Å²) in [5.74, 6) is -1.54. The van der Waals surface area contributed by atoms with E-state index in [1.54, 1.807) is 36.4 Å². The Labute approximate surface area is 207 Å². The van der Waals surface area contributed by atoms with Gasteiger partial charge in [-0.1, -0.05) is 24.3 Å². The van der Waals surface area contributed by atoms with Crippen LogP contribution in [0.2, 0.25) is 0 Å². The smallest absolute Gasteiger partial charge is 0.410 e. The molecular weight excluding hydrogens is 464 g/mol. The van der Waals surface area contributed by atoms with E-state index in [-0.39, 0.29) is 30.0 Å². The van der Waals surface area contributed by atoms with Gasteiger partial charge in [-0.3, -0.25) is 34.3 Å². The SMILES string of the molecule is O=C1CCC(N2C(=O)c3ccc(CN4CCC(NC(=O)Oc5ccccc5)CC4)cc3C2=O)C(=O)N1. The fourth-order valence-corrected chi connectivity index (χ4v) is 4.90. The van der Waals surface area contributed by atoms with Crippen molar-refractivity contribution in [3.8, 4) is 5.75 Å². The first kappa shape index (κ1) is 23.7. The molecule has 0 bridgehead atoms. The summed E-state index contributed by atoms with van der Waals surface area (Å²) in [6.07, 6.45) is 1.27. The number of carbonyl (C=O) groups excluding carboxylic acids is 5. The van der Waals surface area contributed by atoms with Crippen LogP contribution in [-0.4, -0.2) is 64.7 Å². The molecule has 3 aliphatic rings. The molecule has 186 valence electrons. The van der Waals surface area contributed by atoms with Crippen LogP contribution in [0.25, 0.3) is 0 Å². The molecule has 0 radical (unpaired) electrons. The van der Waals surface area contributed by atoms with Gasteiger partial charge in [0.1, 0.15) is 11.8 Å². The molecule has 3 heterocycles. The molecule has 10 nitrogen and oxygen atoms in total. The first-order chi connectivity index (χ1) is 17.4. The molecule has 2 N–H and O–H groups in total. The second-order valence-electron chi connectivity index (χ2n) is 9.22. The fourth-order valence-electron chi connectivity index (χ4n) is 4.90. The second kappa shape index (κ2) is 9.90. The molecule has 2 aromatic carbocycles. The van der Waals surface area contributed by atoms with Crippen LogP contribution in [0, 0.1) is 0 Å². The Morgan fingerprint density at radius 3 is 2.39 bits per heavy atom. The summed E-state index contributed by atoms with van der Waals surface area (Å²) in [6.45, 7) is 2.10. The molecule has 1 atom stereocenters. The van der Waals surface area contributed by atoms with Crippen molar-refractivity contribution < 1.29 is 28.7 Å². The van der Waals surface area contributed by atoms with Gasteiger partial charge in [0.25, 0.3) is 11.8 Å². The lowest BCUT2D eigenvalue weighted by molar-refractivity contribution is -0.136. The van der Waals surface area contributed by atoms with Crippen LogP contribution in [0.4, 0.5) is 4.79 Å². The van der Waals surface area contributed by atoms with E-state index >= 15 is 0 Å². The van der Waals surface area contributed by atoms with Crippen molar-refractivity contribution in [1.82, 2.24) is 20.4 Å². The fraction of sp³-hybridized carbons (Fsp3) is 0.346. The highest BCUT2D eigenvalue weighted by Crippen LogP contribution is 2.29. The average molecular weight is 491 g/mol. The van der Waals surface area contributed by atoms with Crippen molar-refractivity contribution in [1.29, 1.82) is 0 Å². The number of hydrogen-bond donors (Lipinski definition) is 2. The Kier molecular flexibility index (Phi) is 6.51. The third kappa shape index (κ3) is 4.85. The maximum absolute atomic E-state index is 13.0. The lowest BCUT2D eigenvalue weighted by atomic mass is 10.0. The largest absolute Gasteiger partial charge is 0.412 e. The number of hydrogen-bond acceptors (Lipinski definition) is 7. The number of piperidine rings is 2. The molecule has 2 fully saturated rings. The third-order valence-electron chi connectivity index (χ3n) is 6.77. The van der Waals surface area contributed by atoms with Crippen molar-refractivity contribution in [3.63, 3.8) is 0 Å². The summed E-state index contributed by atoms with van der Waals surface area (Å²) in [4.78, 5) is 64.9.